The van der Waals surface area contributed by atoms with Crippen LogP contribution in [-0.4, -0.2) is 24.8 Å². The highest BCUT2D eigenvalue weighted by Crippen LogP contribution is 2.37. The maximum atomic E-state index is 11.8. The van der Waals surface area contributed by atoms with Crippen molar-refractivity contribution in [2.75, 3.05) is 11.5 Å². The molecule has 1 aliphatic rings. The number of rotatable bonds is 7. The largest absolute Gasteiger partial charge is 0.229 e. The van der Waals surface area contributed by atoms with Gasteiger partial charge in [-0.3, -0.25) is 0 Å². The molecule has 18 heavy (non-hydrogen) atoms. The van der Waals surface area contributed by atoms with E-state index in [1.54, 1.807) is 0 Å². The van der Waals surface area contributed by atoms with Crippen LogP contribution in [0.5, 0.6) is 0 Å². The summed E-state index contributed by atoms with van der Waals surface area (Å²) in [6, 6.07) is 0. The van der Waals surface area contributed by atoms with Crippen LogP contribution in [0.2, 0.25) is 0 Å². The first-order chi connectivity index (χ1) is 8.48. The molecule has 0 bridgehead atoms. The third kappa shape index (κ3) is 5.60. The average Bonchev–Trinajstić information content (AvgIpc) is 2.30. The lowest BCUT2D eigenvalue weighted by Gasteiger charge is -2.33. The lowest BCUT2D eigenvalue weighted by Crippen LogP contribution is -2.27. The Morgan fingerprint density at radius 3 is 2.39 bits per heavy atom. The van der Waals surface area contributed by atoms with Gasteiger partial charge in [0.05, 0.1) is 5.75 Å². The van der Waals surface area contributed by atoms with Crippen LogP contribution in [-0.2, 0) is 9.84 Å². The lowest BCUT2D eigenvalue weighted by molar-refractivity contribution is 0.259. The van der Waals surface area contributed by atoms with Gasteiger partial charge in [-0.15, -0.1) is 0 Å². The van der Waals surface area contributed by atoms with Crippen molar-refractivity contribution in [3.63, 3.8) is 0 Å². The fraction of sp³-hybridized carbons (Fsp3) is 1.00. The van der Waals surface area contributed by atoms with Crippen LogP contribution in [0.25, 0.3) is 0 Å². The van der Waals surface area contributed by atoms with E-state index < -0.39 is 9.84 Å². The summed E-state index contributed by atoms with van der Waals surface area (Å²) in [5.74, 6) is 2.11. The van der Waals surface area contributed by atoms with Gasteiger partial charge in [-0.05, 0) is 43.9 Å². The zero-order chi connectivity index (χ0) is 13.6. The van der Waals surface area contributed by atoms with Crippen molar-refractivity contribution in [3.8, 4) is 0 Å². The predicted molar refractivity (Wildman–Crippen MR) is 82.0 cm³/mol. The minimum Gasteiger partial charge on any atom is -0.229 e. The van der Waals surface area contributed by atoms with Gasteiger partial charge in [0.25, 0.3) is 0 Å². The summed E-state index contributed by atoms with van der Waals surface area (Å²) in [5, 5.41) is 0. The average molecular weight is 339 g/mol. The monoisotopic (exact) mass is 338 g/mol. The topological polar surface area (TPSA) is 34.1 Å². The van der Waals surface area contributed by atoms with Gasteiger partial charge < -0.3 is 0 Å². The van der Waals surface area contributed by atoms with Gasteiger partial charge in [0.15, 0.2) is 0 Å². The second-order valence-electron chi connectivity index (χ2n) is 5.68. The van der Waals surface area contributed by atoms with Crippen LogP contribution >= 0.6 is 15.9 Å². The normalized spacial score (nSPS) is 29.4. The van der Waals surface area contributed by atoms with Crippen LogP contribution < -0.4 is 0 Å². The number of sulfone groups is 1. The Morgan fingerprint density at radius 2 is 1.78 bits per heavy atom. The van der Waals surface area contributed by atoms with E-state index in [-0.39, 0.29) is 0 Å². The van der Waals surface area contributed by atoms with E-state index in [2.05, 4.69) is 22.9 Å². The molecule has 0 heterocycles. The third-order valence-corrected chi connectivity index (χ3v) is 7.10. The van der Waals surface area contributed by atoms with Crippen LogP contribution in [0.1, 0.15) is 58.8 Å². The molecule has 3 unspecified atom stereocenters. The van der Waals surface area contributed by atoms with Gasteiger partial charge in [-0.1, -0.05) is 42.6 Å². The molecule has 0 amide bonds. The standard InChI is InChI=1S/C14H27BrO2S/c1-3-5-12-6-7-14(15)13(11-12)8-10-18(16,17)9-4-2/h12-14H,3-11H2,1-2H3. The molecule has 1 aliphatic carbocycles. The first-order valence-electron chi connectivity index (χ1n) is 7.33. The van der Waals surface area contributed by atoms with E-state index in [0.717, 1.165) is 18.8 Å². The van der Waals surface area contributed by atoms with E-state index in [1.807, 2.05) is 6.92 Å². The Bertz CT molecular complexity index is 327. The second-order valence-corrected chi connectivity index (χ2v) is 9.16. The smallest absolute Gasteiger partial charge is 0.150 e. The molecule has 0 aliphatic heterocycles. The lowest BCUT2D eigenvalue weighted by atomic mass is 9.78. The molecule has 0 saturated heterocycles. The molecule has 1 rings (SSSR count). The van der Waals surface area contributed by atoms with Gasteiger partial charge in [0.1, 0.15) is 9.84 Å². The minimum atomic E-state index is -2.81. The Hall–Kier alpha value is 0.430. The Kier molecular flexibility index (Phi) is 7.22. The van der Waals surface area contributed by atoms with E-state index in [0.29, 0.717) is 22.3 Å². The second kappa shape index (κ2) is 7.88. The van der Waals surface area contributed by atoms with Crippen LogP contribution in [0.4, 0.5) is 0 Å². The van der Waals surface area contributed by atoms with Crippen molar-refractivity contribution in [1.82, 2.24) is 0 Å². The summed E-state index contributed by atoms with van der Waals surface area (Å²) in [6.45, 7) is 4.17. The highest BCUT2D eigenvalue weighted by Gasteiger charge is 2.29. The molecular formula is C14H27BrO2S. The van der Waals surface area contributed by atoms with Gasteiger partial charge in [0.2, 0.25) is 0 Å². The quantitative estimate of drug-likeness (QED) is 0.652. The first-order valence-corrected chi connectivity index (χ1v) is 10.1. The van der Waals surface area contributed by atoms with Gasteiger partial charge in [-0.2, -0.15) is 0 Å². The van der Waals surface area contributed by atoms with Crippen molar-refractivity contribution in [3.05, 3.63) is 0 Å². The van der Waals surface area contributed by atoms with Crippen molar-refractivity contribution in [1.29, 1.82) is 0 Å². The first kappa shape index (κ1) is 16.5. The minimum absolute atomic E-state index is 0.352. The van der Waals surface area contributed by atoms with Crippen LogP contribution in [0.3, 0.4) is 0 Å². The Labute approximate surface area is 121 Å². The number of alkyl halides is 1. The molecule has 108 valence electrons. The van der Waals surface area contributed by atoms with Crippen LogP contribution in [0.15, 0.2) is 0 Å². The Morgan fingerprint density at radius 1 is 1.06 bits per heavy atom. The van der Waals surface area contributed by atoms with Crippen molar-refractivity contribution in [2.45, 2.75) is 63.6 Å². The maximum Gasteiger partial charge on any atom is 0.150 e. The number of halogens is 1. The number of hydrogen-bond donors (Lipinski definition) is 0. The van der Waals surface area contributed by atoms with E-state index in [4.69, 9.17) is 0 Å². The molecule has 0 aromatic rings. The molecule has 1 fully saturated rings. The van der Waals surface area contributed by atoms with E-state index in [9.17, 15) is 8.42 Å². The van der Waals surface area contributed by atoms with Crippen molar-refractivity contribution < 1.29 is 8.42 Å². The predicted octanol–water partition coefficient (Wildman–Crippen LogP) is 4.18. The molecular weight excluding hydrogens is 312 g/mol. The number of hydrogen-bond acceptors (Lipinski definition) is 2. The molecule has 2 nitrogen and oxygen atoms in total. The highest BCUT2D eigenvalue weighted by molar-refractivity contribution is 9.09. The van der Waals surface area contributed by atoms with Crippen molar-refractivity contribution in [2.24, 2.45) is 11.8 Å². The fourth-order valence-corrected chi connectivity index (χ4v) is 5.27. The molecule has 0 N–H and O–H groups in total. The van der Waals surface area contributed by atoms with Crippen molar-refractivity contribution >= 4 is 25.8 Å². The highest BCUT2D eigenvalue weighted by atomic mass is 79.9. The zero-order valence-electron chi connectivity index (χ0n) is 11.7. The molecule has 4 heteroatoms. The van der Waals surface area contributed by atoms with Gasteiger partial charge >= 0.3 is 0 Å². The molecule has 1 saturated carbocycles. The van der Waals surface area contributed by atoms with E-state index >= 15 is 0 Å². The summed E-state index contributed by atoms with van der Waals surface area (Å²) in [7, 11) is -2.81. The zero-order valence-corrected chi connectivity index (χ0v) is 14.1. The van der Waals surface area contributed by atoms with Crippen LogP contribution in [0, 0.1) is 11.8 Å². The van der Waals surface area contributed by atoms with Gasteiger partial charge in [-0.25, -0.2) is 8.42 Å². The molecule has 0 aromatic carbocycles. The summed E-state index contributed by atoms with van der Waals surface area (Å²) < 4.78 is 23.5. The third-order valence-electron chi connectivity index (χ3n) is 4.01. The SMILES string of the molecule is CCCC1CCC(Br)C(CCS(=O)(=O)CCC)C1. The molecule has 0 spiro atoms. The maximum absolute atomic E-state index is 11.8. The molecule has 0 radical (unpaired) electrons. The molecule has 3 atom stereocenters. The summed E-state index contributed by atoms with van der Waals surface area (Å²) >= 11 is 3.75. The Balaban J connectivity index is 2.44. The van der Waals surface area contributed by atoms with E-state index in [1.165, 1.54) is 32.1 Å². The summed E-state index contributed by atoms with van der Waals surface area (Å²) in [6.07, 6.45) is 7.87. The fourth-order valence-electron chi connectivity index (χ4n) is 3.04. The van der Waals surface area contributed by atoms with Gasteiger partial charge in [0, 0.05) is 10.6 Å². The summed E-state index contributed by atoms with van der Waals surface area (Å²) in [5.41, 5.74) is 0. The summed E-state index contributed by atoms with van der Waals surface area (Å²) in [4.78, 5) is 0.530. The molecule has 0 aromatic heterocycles.